The molecule has 0 amide bonds. The van der Waals surface area contributed by atoms with Crippen molar-refractivity contribution in [2.45, 2.75) is 0 Å². The van der Waals surface area contributed by atoms with E-state index in [1.165, 1.54) is 54.8 Å². The van der Waals surface area contributed by atoms with Crippen LogP contribution in [0.15, 0.2) is 247 Å². The second kappa shape index (κ2) is 15.0. The number of hydrogen-bond acceptors (Lipinski definition) is 2. The maximum absolute atomic E-state index is 6.38. The molecule has 0 saturated carbocycles. The minimum absolute atomic E-state index is 0.885. The van der Waals surface area contributed by atoms with E-state index >= 15 is 0 Å². The summed E-state index contributed by atoms with van der Waals surface area (Å²) in [5.41, 5.74) is 15.6. The lowest BCUT2D eigenvalue weighted by atomic mass is 9.86. The molecular formula is C62H40N2O. The van der Waals surface area contributed by atoms with Crippen LogP contribution in [0.1, 0.15) is 0 Å². The van der Waals surface area contributed by atoms with Gasteiger partial charge in [-0.3, -0.25) is 0 Å². The van der Waals surface area contributed by atoms with E-state index in [-0.39, 0.29) is 0 Å². The molecule has 13 aromatic rings. The zero-order valence-electron chi connectivity index (χ0n) is 35.4. The van der Waals surface area contributed by atoms with E-state index in [9.17, 15) is 0 Å². The molecule has 0 radical (unpaired) electrons. The van der Waals surface area contributed by atoms with Crippen LogP contribution in [-0.2, 0) is 0 Å². The summed E-state index contributed by atoms with van der Waals surface area (Å²) in [4.78, 5) is 2.49. The zero-order chi connectivity index (χ0) is 42.8. The zero-order valence-corrected chi connectivity index (χ0v) is 35.4. The summed E-state index contributed by atoms with van der Waals surface area (Å²) in [5.74, 6) is 0. The van der Waals surface area contributed by atoms with Crippen molar-refractivity contribution in [3.05, 3.63) is 243 Å². The third-order valence-electron chi connectivity index (χ3n) is 13.1. The van der Waals surface area contributed by atoms with Crippen molar-refractivity contribution >= 4 is 82.4 Å². The minimum Gasteiger partial charge on any atom is -0.456 e. The van der Waals surface area contributed by atoms with Gasteiger partial charge < -0.3 is 13.9 Å². The Bertz CT molecular complexity index is 3930. The van der Waals surface area contributed by atoms with Crippen molar-refractivity contribution in [3.63, 3.8) is 0 Å². The quantitative estimate of drug-likeness (QED) is 0.149. The van der Waals surface area contributed by atoms with Crippen molar-refractivity contribution in [2.24, 2.45) is 0 Å². The molecule has 0 bridgehead atoms. The summed E-state index contributed by atoms with van der Waals surface area (Å²) < 4.78 is 8.77. The van der Waals surface area contributed by atoms with Gasteiger partial charge in [0.1, 0.15) is 11.2 Å². The predicted octanol–water partition coefficient (Wildman–Crippen LogP) is 17.5. The van der Waals surface area contributed by atoms with E-state index in [1.54, 1.807) is 0 Å². The number of anilines is 3. The summed E-state index contributed by atoms with van der Waals surface area (Å²) in [7, 11) is 0. The molecular weight excluding hydrogens is 789 g/mol. The molecule has 304 valence electrons. The Balaban J connectivity index is 1.16. The lowest BCUT2D eigenvalue weighted by Crippen LogP contribution is -2.11. The van der Waals surface area contributed by atoms with Crippen molar-refractivity contribution in [1.29, 1.82) is 0 Å². The monoisotopic (exact) mass is 828 g/mol. The molecule has 0 saturated heterocycles. The lowest BCUT2D eigenvalue weighted by molar-refractivity contribution is 0.669. The first-order chi connectivity index (χ1) is 32.2. The Kier molecular flexibility index (Phi) is 8.53. The molecule has 11 aromatic carbocycles. The van der Waals surface area contributed by atoms with Crippen LogP contribution in [0, 0.1) is 0 Å². The molecule has 3 nitrogen and oxygen atoms in total. The minimum atomic E-state index is 0.885. The van der Waals surface area contributed by atoms with Gasteiger partial charge in [-0.2, -0.15) is 0 Å². The normalized spacial score (nSPS) is 11.7. The van der Waals surface area contributed by atoms with Crippen LogP contribution < -0.4 is 4.90 Å². The fourth-order valence-electron chi connectivity index (χ4n) is 10.2. The maximum Gasteiger partial charge on any atom is 0.135 e. The standard InChI is InChI=1S/C62H40N2O/c1-5-17-41(18-6-1)43-30-34-52-55(37-43)61(45-31-36-60-54(39-45)50-26-14-16-28-59(50)65-60)51-33-29-44(42-19-7-2-8-20-42)38-56(51)62(52)63(46-21-9-3-10-22-46)48-32-35-58-53(40-48)49-25-13-15-27-57(49)64(58)47-23-11-4-12-24-47/h1-40H. The average Bonchev–Trinajstić information content (AvgIpc) is 3.92. The molecule has 0 N–H and O–H groups in total. The van der Waals surface area contributed by atoms with Gasteiger partial charge in [0.15, 0.2) is 0 Å². The molecule has 0 atom stereocenters. The lowest BCUT2D eigenvalue weighted by Gasteiger charge is -2.30. The van der Waals surface area contributed by atoms with Gasteiger partial charge in [-0.25, -0.2) is 0 Å². The van der Waals surface area contributed by atoms with E-state index in [4.69, 9.17) is 4.42 Å². The number of benzene rings is 11. The van der Waals surface area contributed by atoms with Gasteiger partial charge in [-0.05, 0) is 123 Å². The van der Waals surface area contributed by atoms with E-state index in [1.807, 2.05) is 6.07 Å². The van der Waals surface area contributed by atoms with Crippen LogP contribution in [0.25, 0.3) is 104 Å². The molecule has 2 heterocycles. The van der Waals surface area contributed by atoms with Crippen LogP contribution in [0.2, 0.25) is 0 Å². The molecule has 3 heteroatoms. The highest BCUT2D eigenvalue weighted by atomic mass is 16.3. The first-order valence-electron chi connectivity index (χ1n) is 22.2. The highest BCUT2D eigenvalue weighted by Crippen LogP contribution is 2.51. The molecule has 0 unspecified atom stereocenters. The van der Waals surface area contributed by atoms with Crippen molar-refractivity contribution in [2.75, 3.05) is 4.90 Å². The molecule has 65 heavy (non-hydrogen) atoms. The number of aromatic nitrogens is 1. The third-order valence-corrected chi connectivity index (χ3v) is 13.1. The van der Waals surface area contributed by atoms with E-state index in [0.29, 0.717) is 0 Å². The average molecular weight is 829 g/mol. The first-order valence-corrected chi connectivity index (χ1v) is 22.2. The number of hydrogen-bond donors (Lipinski definition) is 0. The number of furan rings is 1. The van der Waals surface area contributed by atoms with Gasteiger partial charge in [0.25, 0.3) is 0 Å². The Morgan fingerprint density at radius 1 is 0.292 bits per heavy atom. The number of fused-ring (bicyclic) bond motifs is 8. The largest absolute Gasteiger partial charge is 0.456 e. The van der Waals surface area contributed by atoms with Crippen LogP contribution in [0.5, 0.6) is 0 Å². The molecule has 0 aliphatic carbocycles. The van der Waals surface area contributed by atoms with Crippen LogP contribution >= 0.6 is 0 Å². The van der Waals surface area contributed by atoms with Gasteiger partial charge in [-0.1, -0.05) is 164 Å². The number of rotatable bonds is 7. The van der Waals surface area contributed by atoms with Crippen molar-refractivity contribution in [3.8, 4) is 39.1 Å². The molecule has 2 aromatic heterocycles. The predicted molar refractivity (Wildman–Crippen MR) is 274 cm³/mol. The third kappa shape index (κ3) is 6.05. The van der Waals surface area contributed by atoms with Gasteiger partial charge >= 0.3 is 0 Å². The Morgan fingerprint density at radius 3 is 1.58 bits per heavy atom. The van der Waals surface area contributed by atoms with Gasteiger partial charge in [-0.15, -0.1) is 0 Å². The molecule has 0 fully saturated rings. The van der Waals surface area contributed by atoms with E-state index in [2.05, 4.69) is 246 Å². The van der Waals surface area contributed by atoms with Crippen molar-refractivity contribution in [1.82, 2.24) is 4.57 Å². The summed E-state index contributed by atoms with van der Waals surface area (Å²) >= 11 is 0. The smallest absolute Gasteiger partial charge is 0.135 e. The number of nitrogens with zero attached hydrogens (tertiary/aromatic N) is 2. The Hall–Kier alpha value is -8.66. The van der Waals surface area contributed by atoms with Crippen molar-refractivity contribution < 1.29 is 4.42 Å². The Labute approximate surface area is 376 Å². The second-order valence-electron chi connectivity index (χ2n) is 16.8. The second-order valence-corrected chi connectivity index (χ2v) is 16.8. The van der Waals surface area contributed by atoms with Crippen LogP contribution in [0.3, 0.4) is 0 Å². The summed E-state index contributed by atoms with van der Waals surface area (Å²) in [5, 5.41) is 9.31. The molecule has 0 aliphatic rings. The Morgan fingerprint density at radius 2 is 0.846 bits per heavy atom. The first kappa shape index (κ1) is 36.9. The maximum atomic E-state index is 6.38. The van der Waals surface area contributed by atoms with E-state index < -0.39 is 0 Å². The fourth-order valence-corrected chi connectivity index (χ4v) is 10.2. The number of para-hydroxylation sites is 4. The highest BCUT2D eigenvalue weighted by molar-refractivity contribution is 6.24. The SMILES string of the molecule is c1ccc(-c2ccc3c(N(c4ccccc4)c4ccc5c(c4)c4ccccc4n5-c4ccccc4)c4cc(-c5ccccc5)ccc4c(-c4ccc5oc6ccccc6c5c4)c3c2)cc1. The van der Waals surface area contributed by atoms with Crippen LogP contribution in [-0.4, -0.2) is 4.57 Å². The molecule has 0 spiro atoms. The van der Waals surface area contributed by atoms with E-state index in [0.717, 1.165) is 66.6 Å². The van der Waals surface area contributed by atoms with Gasteiger partial charge in [0.2, 0.25) is 0 Å². The highest BCUT2D eigenvalue weighted by Gasteiger charge is 2.25. The summed E-state index contributed by atoms with van der Waals surface area (Å²) in [6.07, 6.45) is 0. The molecule has 0 aliphatic heterocycles. The van der Waals surface area contributed by atoms with Gasteiger partial charge in [0.05, 0.1) is 16.7 Å². The van der Waals surface area contributed by atoms with Gasteiger partial charge in [0, 0.05) is 49.4 Å². The fraction of sp³-hybridized carbons (Fsp3) is 0. The van der Waals surface area contributed by atoms with Crippen LogP contribution in [0.4, 0.5) is 17.1 Å². The molecule has 13 rings (SSSR count). The summed E-state index contributed by atoms with van der Waals surface area (Å²) in [6.45, 7) is 0. The topological polar surface area (TPSA) is 21.3 Å². The summed E-state index contributed by atoms with van der Waals surface area (Å²) in [6, 6.07) is 88.0.